The zero-order chi connectivity index (χ0) is 23.4. The topological polar surface area (TPSA) is 182 Å². The Hall–Kier alpha value is -1.84. The maximum absolute atomic E-state index is 7.09. The fraction of sp³-hybridized carbons (Fsp3) is 0.556. The molecule has 8 rings (SSSR count). The van der Waals surface area contributed by atoms with Crippen LogP contribution in [-0.4, -0.2) is 42.3 Å². The lowest BCUT2D eigenvalue weighted by Crippen LogP contribution is -2.65. The summed E-state index contributed by atoms with van der Waals surface area (Å²) in [6.45, 7) is 0. The van der Waals surface area contributed by atoms with Crippen LogP contribution in [0.25, 0.3) is 16.7 Å². The lowest BCUT2D eigenvalue weighted by molar-refractivity contribution is 0.341. The molecule has 11 unspecified atom stereocenters. The van der Waals surface area contributed by atoms with Crippen LogP contribution in [0, 0.1) is 5.92 Å². The van der Waals surface area contributed by atoms with Gasteiger partial charge >= 0.3 is 0 Å². The van der Waals surface area contributed by atoms with E-state index in [0.29, 0.717) is 0 Å². The molecule has 1 aromatic rings. The highest BCUT2D eigenvalue weighted by atomic mass is 14.8. The van der Waals surface area contributed by atoms with Gasteiger partial charge in [0.05, 0.1) is 0 Å². The summed E-state index contributed by atoms with van der Waals surface area (Å²) >= 11 is 0. The van der Waals surface area contributed by atoms with Crippen molar-refractivity contribution >= 4 is 16.7 Å². The molecule has 11 atom stereocenters. The third-order valence-electron chi connectivity index (χ3n) is 10.5. The first-order valence-electron chi connectivity index (χ1n) is 13.0. The van der Waals surface area contributed by atoms with Gasteiger partial charge in [0.25, 0.3) is 0 Å². The van der Waals surface area contributed by atoms with E-state index in [1.165, 1.54) is 55.0 Å². The van der Waals surface area contributed by atoms with Gasteiger partial charge in [0.1, 0.15) is 0 Å². The van der Waals surface area contributed by atoms with Crippen LogP contribution in [0.4, 0.5) is 0 Å². The van der Waals surface area contributed by atoms with Gasteiger partial charge in [-0.2, -0.15) is 0 Å². The van der Waals surface area contributed by atoms with E-state index in [1.807, 2.05) is 0 Å². The Morgan fingerprint density at radius 3 is 2.26 bits per heavy atom. The molecule has 1 aromatic carbocycles. The molecule has 0 saturated heterocycles. The Bertz CT molecular complexity index is 1370. The van der Waals surface area contributed by atoms with Crippen molar-refractivity contribution in [2.75, 3.05) is 0 Å². The van der Waals surface area contributed by atoms with E-state index in [0.717, 1.165) is 25.7 Å². The van der Waals surface area contributed by atoms with Gasteiger partial charge < -0.3 is 40.1 Å². The van der Waals surface area contributed by atoms with E-state index < -0.39 is 0 Å². The smallest absolute Gasteiger partial charge is 0.0383 e. The summed E-state index contributed by atoms with van der Waals surface area (Å²) in [5.41, 5.74) is 58.9. The second-order valence-corrected chi connectivity index (χ2v) is 12.0. The molecule has 0 spiro atoms. The van der Waals surface area contributed by atoms with Crippen LogP contribution in [-0.2, 0) is 0 Å². The molecule has 0 bridgehead atoms. The quantitative estimate of drug-likeness (QED) is 0.238. The molecule has 0 aromatic heterocycles. The van der Waals surface area contributed by atoms with Crippen molar-refractivity contribution in [2.24, 2.45) is 46.1 Å². The largest absolute Gasteiger partial charge is 0.327 e. The molecule has 14 N–H and O–H groups in total. The minimum atomic E-state index is -0.205. The number of rotatable bonds is 0. The predicted octanol–water partition coefficient (Wildman–Crippen LogP) is -1.89. The lowest BCUT2D eigenvalue weighted by atomic mass is 9.53. The summed E-state index contributed by atoms with van der Waals surface area (Å²) < 4.78 is 0. The normalized spacial score (nSPS) is 46.7. The van der Waals surface area contributed by atoms with Gasteiger partial charge in [-0.3, -0.25) is 0 Å². The molecule has 0 saturated carbocycles. The first kappa shape index (κ1) is 20.4. The summed E-state index contributed by atoms with van der Waals surface area (Å²) in [7, 11) is 0. The van der Waals surface area contributed by atoms with Crippen molar-refractivity contribution in [3.05, 3.63) is 50.4 Å². The molecule has 7 heteroatoms. The average molecular weight is 458 g/mol. The molecular weight excluding hydrogens is 422 g/mol. The Kier molecular flexibility index (Phi) is 3.76. The van der Waals surface area contributed by atoms with Crippen LogP contribution in [0.3, 0.4) is 0 Å². The van der Waals surface area contributed by atoms with Crippen LogP contribution in [0.15, 0.2) is 17.7 Å². The third-order valence-corrected chi connectivity index (χ3v) is 10.5. The molecule has 0 amide bonds. The van der Waals surface area contributed by atoms with Crippen molar-refractivity contribution in [1.82, 2.24) is 0 Å². The fourth-order valence-electron chi connectivity index (χ4n) is 9.29. The van der Waals surface area contributed by atoms with Gasteiger partial charge in [0.2, 0.25) is 0 Å². The Morgan fingerprint density at radius 2 is 1.47 bits per heavy atom. The highest BCUT2D eigenvalue weighted by Gasteiger charge is 2.53. The van der Waals surface area contributed by atoms with Crippen molar-refractivity contribution in [3.63, 3.8) is 0 Å². The Balaban J connectivity index is 1.67. The van der Waals surface area contributed by atoms with E-state index in [1.54, 1.807) is 0 Å². The van der Waals surface area contributed by atoms with E-state index in [2.05, 4.69) is 12.2 Å². The van der Waals surface area contributed by atoms with Crippen LogP contribution < -0.4 is 50.6 Å². The second kappa shape index (κ2) is 6.28. The first-order valence-corrected chi connectivity index (χ1v) is 13.0. The Labute approximate surface area is 199 Å². The monoisotopic (exact) mass is 457 g/mol. The van der Waals surface area contributed by atoms with Gasteiger partial charge in [0, 0.05) is 66.0 Å². The van der Waals surface area contributed by atoms with Crippen LogP contribution in [0.2, 0.25) is 0 Å². The molecular formula is C27H35N7. The standard InChI is InChI=1S/C27H35N7/c28-11-2-1-8-17-20(11)27(34)22-15(32)6-10-13(30)5-9-12(29)3-7-4-14(31)21(26(8)33)23-16(7)18(9)19(10)24(22)25(17)23/h1,4,9-15,20-21,26-27H,2-3,5-6,28-34H2. The number of hydrogen-bond donors (Lipinski definition) is 7. The van der Waals surface area contributed by atoms with Gasteiger partial charge in [-0.15, -0.1) is 0 Å². The average Bonchev–Trinajstić information content (AvgIpc) is 2.78. The minimum Gasteiger partial charge on any atom is -0.327 e. The highest BCUT2D eigenvalue weighted by molar-refractivity contribution is 5.88. The first-order chi connectivity index (χ1) is 16.3. The minimum absolute atomic E-state index is 0.0306. The number of hydrogen-bond acceptors (Lipinski definition) is 7. The van der Waals surface area contributed by atoms with E-state index in [4.69, 9.17) is 40.1 Å². The van der Waals surface area contributed by atoms with Gasteiger partial charge in [-0.1, -0.05) is 12.2 Å². The maximum atomic E-state index is 7.09. The van der Waals surface area contributed by atoms with Gasteiger partial charge in [-0.25, -0.2) is 0 Å². The zero-order valence-corrected chi connectivity index (χ0v) is 19.4. The summed E-state index contributed by atoms with van der Waals surface area (Å²) in [5, 5.41) is 2.59. The predicted molar refractivity (Wildman–Crippen MR) is 135 cm³/mol. The third kappa shape index (κ3) is 2.08. The molecule has 178 valence electrons. The molecule has 7 aliphatic rings. The van der Waals surface area contributed by atoms with Gasteiger partial charge in [-0.05, 0) is 80.7 Å². The van der Waals surface area contributed by atoms with E-state index in [-0.39, 0.29) is 66.0 Å². The second-order valence-electron chi connectivity index (χ2n) is 12.0. The summed E-state index contributed by atoms with van der Waals surface area (Å²) in [5.74, 6) is 0.550. The molecule has 0 fully saturated rings. The summed E-state index contributed by atoms with van der Waals surface area (Å²) in [6, 6.07) is -0.562. The van der Waals surface area contributed by atoms with Gasteiger partial charge in [0.15, 0.2) is 0 Å². The molecule has 34 heavy (non-hydrogen) atoms. The number of benzene rings is 1. The molecule has 0 radical (unpaired) electrons. The highest BCUT2D eigenvalue weighted by Crippen LogP contribution is 2.55. The van der Waals surface area contributed by atoms with E-state index in [9.17, 15) is 0 Å². The van der Waals surface area contributed by atoms with Crippen LogP contribution in [0.1, 0.15) is 65.7 Å². The lowest BCUT2D eigenvalue weighted by Gasteiger charge is -2.54. The zero-order valence-electron chi connectivity index (χ0n) is 19.4. The van der Waals surface area contributed by atoms with Crippen molar-refractivity contribution in [2.45, 2.75) is 85.7 Å². The number of nitrogens with two attached hydrogens (primary N) is 7. The summed E-state index contributed by atoms with van der Waals surface area (Å²) in [6.07, 6.45) is 7.88. The van der Waals surface area contributed by atoms with Crippen molar-refractivity contribution < 1.29 is 0 Å². The Morgan fingerprint density at radius 1 is 0.706 bits per heavy atom. The SMILES string of the molecule is NC1CC2c3c4c5c6c7c3=C1C(N)C1C=7C(=CCC1N)C(N)C6C(N)C=C5CC(N)C4CC2N. The van der Waals surface area contributed by atoms with Crippen LogP contribution in [0.5, 0.6) is 0 Å². The van der Waals surface area contributed by atoms with E-state index >= 15 is 0 Å². The van der Waals surface area contributed by atoms with Crippen molar-refractivity contribution in [1.29, 1.82) is 0 Å². The molecule has 0 heterocycles. The molecule has 7 aliphatic carbocycles. The fourth-order valence-corrected chi connectivity index (χ4v) is 9.29. The molecule has 0 aliphatic heterocycles. The van der Waals surface area contributed by atoms with Crippen molar-refractivity contribution in [3.8, 4) is 0 Å². The maximum Gasteiger partial charge on any atom is 0.0383 e. The van der Waals surface area contributed by atoms with Crippen LogP contribution >= 0.6 is 0 Å². The molecule has 7 nitrogen and oxygen atoms in total. The summed E-state index contributed by atoms with van der Waals surface area (Å²) in [4.78, 5) is 0.